The SMILES string of the molecule is CCOC(=O)C1=C[C@H](O)[C@@H](NC(C)=O)[C@H]([C@H](O)[C@H](O)Cn2cc(-c3ccc(-c4ccccc4)cc3)nn2)O1. The van der Waals surface area contributed by atoms with Gasteiger partial charge in [0.1, 0.15) is 24.0 Å². The summed E-state index contributed by atoms with van der Waals surface area (Å²) in [6, 6.07) is 16.6. The molecule has 1 aliphatic rings. The number of ether oxygens (including phenoxy) is 2. The van der Waals surface area contributed by atoms with Gasteiger partial charge < -0.3 is 30.1 Å². The molecule has 1 amide bonds. The van der Waals surface area contributed by atoms with E-state index in [4.69, 9.17) is 9.47 Å². The fourth-order valence-electron chi connectivity index (χ4n) is 4.22. The molecule has 2 heterocycles. The van der Waals surface area contributed by atoms with Gasteiger partial charge in [0, 0.05) is 12.5 Å². The maximum atomic E-state index is 12.2. The third-order valence-corrected chi connectivity index (χ3v) is 6.08. The number of hydrogen-bond acceptors (Lipinski definition) is 9. The number of carbonyl (C=O) groups is 2. The Bertz CT molecular complexity index is 1280. The zero-order valence-corrected chi connectivity index (χ0v) is 21.0. The monoisotopic (exact) mass is 522 g/mol. The van der Waals surface area contributed by atoms with Gasteiger partial charge in [-0.05, 0) is 24.1 Å². The van der Waals surface area contributed by atoms with E-state index in [1.165, 1.54) is 11.6 Å². The van der Waals surface area contributed by atoms with Gasteiger partial charge in [-0.3, -0.25) is 4.79 Å². The van der Waals surface area contributed by atoms with Crippen molar-refractivity contribution in [3.63, 3.8) is 0 Å². The summed E-state index contributed by atoms with van der Waals surface area (Å²) in [5.41, 5.74) is 3.53. The molecular weight excluding hydrogens is 492 g/mol. The van der Waals surface area contributed by atoms with Crippen LogP contribution < -0.4 is 5.32 Å². The second-order valence-electron chi connectivity index (χ2n) is 8.88. The number of hydrogen-bond donors (Lipinski definition) is 4. The molecule has 38 heavy (non-hydrogen) atoms. The van der Waals surface area contributed by atoms with Crippen LogP contribution >= 0.6 is 0 Å². The van der Waals surface area contributed by atoms with Crippen LogP contribution in [0.15, 0.2) is 72.6 Å². The van der Waals surface area contributed by atoms with Crippen LogP contribution in [0.4, 0.5) is 0 Å². The van der Waals surface area contributed by atoms with Gasteiger partial charge in [-0.1, -0.05) is 59.8 Å². The third kappa shape index (κ3) is 6.25. The van der Waals surface area contributed by atoms with E-state index in [2.05, 4.69) is 15.6 Å². The molecule has 5 atom stereocenters. The molecule has 0 saturated heterocycles. The normalized spacial score (nSPS) is 20.6. The summed E-state index contributed by atoms with van der Waals surface area (Å²) in [5.74, 6) is -1.64. The van der Waals surface area contributed by atoms with Crippen LogP contribution in [-0.2, 0) is 25.6 Å². The van der Waals surface area contributed by atoms with Crippen LogP contribution in [0.25, 0.3) is 22.4 Å². The van der Waals surface area contributed by atoms with Gasteiger partial charge in [-0.25, -0.2) is 9.48 Å². The van der Waals surface area contributed by atoms with E-state index in [1.54, 1.807) is 13.1 Å². The quantitative estimate of drug-likeness (QED) is 0.302. The maximum absolute atomic E-state index is 12.2. The van der Waals surface area contributed by atoms with Crippen molar-refractivity contribution in [3.8, 4) is 22.4 Å². The fraction of sp³-hybridized carbons (Fsp3) is 0.333. The third-order valence-electron chi connectivity index (χ3n) is 6.08. The summed E-state index contributed by atoms with van der Waals surface area (Å²) in [4.78, 5) is 23.8. The summed E-state index contributed by atoms with van der Waals surface area (Å²) in [5, 5.41) is 42.9. The first-order valence-corrected chi connectivity index (χ1v) is 12.2. The zero-order valence-electron chi connectivity index (χ0n) is 21.0. The van der Waals surface area contributed by atoms with Crippen molar-refractivity contribution in [3.05, 3.63) is 72.6 Å². The highest BCUT2D eigenvalue weighted by molar-refractivity contribution is 5.86. The van der Waals surface area contributed by atoms with Crippen LogP contribution in [-0.4, -0.2) is 79.3 Å². The molecule has 0 fully saturated rings. The second-order valence-corrected chi connectivity index (χ2v) is 8.88. The molecular formula is C27H30N4O7. The molecule has 3 aromatic rings. The molecule has 1 aromatic heterocycles. The minimum atomic E-state index is -1.61. The molecule has 11 heteroatoms. The number of aliphatic hydroxyl groups is 3. The molecule has 1 aliphatic heterocycles. The van der Waals surface area contributed by atoms with Crippen LogP contribution in [0.3, 0.4) is 0 Å². The van der Waals surface area contributed by atoms with Gasteiger partial charge in [0.2, 0.25) is 11.7 Å². The maximum Gasteiger partial charge on any atom is 0.373 e. The van der Waals surface area contributed by atoms with E-state index >= 15 is 0 Å². The standard InChI is InChI=1S/C27H30N4O7/c1-3-37-27(36)23-13-21(33)24(28-16(2)32)26(38-23)25(35)22(34)15-31-14-20(29-30-31)19-11-9-18(10-12-19)17-7-5-4-6-8-17/h4-14,21-22,24-26,33-35H,3,15H2,1-2H3,(H,28,32)/t21-,22+,24+,25+,26+/m0/s1. The fourth-order valence-corrected chi connectivity index (χ4v) is 4.22. The summed E-state index contributed by atoms with van der Waals surface area (Å²) in [6.45, 7) is 2.75. The van der Waals surface area contributed by atoms with E-state index in [0.29, 0.717) is 5.69 Å². The van der Waals surface area contributed by atoms with Gasteiger partial charge in [0.15, 0.2) is 6.10 Å². The van der Waals surface area contributed by atoms with Crippen molar-refractivity contribution in [2.45, 2.75) is 50.8 Å². The molecule has 11 nitrogen and oxygen atoms in total. The number of benzene rings is 2. The summed E-state index contributed by atoms with van der Waals surface area (Å²) < 4.78 is 11.9. The van der Waals surface area contributed by atoms with Crippen LogP contribution in [0.1, 0.15) is 13.8 Å². The first-order chi connectivity index (χ1) is 18.3. The lowest BCUT2D eigenvalue weighted by Gasteiger charge is -2.38. The Kier molecular flexibility index (Phi) is 8.52. The van der Waals surface area contributed by atoms with Crippen LogP contribution in [0.5, 0.6) is 0 Å². The topological polar surface area (TPSA) is 156 Å². The van der Waals surface area contributed by atoms with Crippen molar-refractivity contribution in [1.82, 2.24) is 20.3 Å². The molecule has 0 saturated carbocycles. The second kappa shape index (κ2) is 12.0. The molecule has 0 radical (unpaired) electrons. The molecule has 0 bridgehead atoms. The average Bonchev–Trinajstić information content (AvgIpc) is 3.38. The zero-order chi connectivity index (χ0) is 27.2. The van der Waals surface area contributed by atoms with E-state index in [-0.39, 0.29) is 18.9 Å². The Morgan fingerprint density at radius 1 is 1.08 bits per heavy atom. The number of aliphatic hydroxyl groups excluding tert-OH is 3. The minimum Gasteiger partial charge on any atom is -0.478 e. The lowest BCUT2D eigenvalue weighted by molar-refractivity contribution is -0.153. The number of aromatic nitrogens is 3. The molecule has 0 unspecified atom stereocenters. The first-order valence-electron chi connectivity index (χ1n) is 12.2. The predicted octanol–water partition coefficient (Wildman–Crippen LogP) is 1.05. The van der Waals surface area contributed by atoms with E-state index in [1.807, 2.05) is 54.6 Å². The van der Waals surface area contributed by atoms with E-state index in [0.717, 1.165) is 22.8 Å². The number of carbonyl (C=O) groups excluding carboxylic acids is 2. The number of nitrogens with one attached hydrogen (secondary N) is 1. The molecule has 200 valence electrons. The Morgan fingerprint density at radius 2 is 1.74 bits per heavy atom. The molecule has 0 spiro atoms. The summed E-state index contributed by atoms with van der Waals surface area (Å²) >= 11 is 0. The Morgan fingerprint density at radius 3 is 2.39 bits per heavy atom. The largest absolute Gasteiger partial charge is 0.478 e. The van der Waals surface area contributed by atoms with E-state index < -0.39 is 42.3 Å². The molecule has 4 rings (SSSR count). The van der Waals surface area contributed by atoms with Crippen molar-refractivity contribution >= 4 is 11.9 Å². The van der Waals surface area contributed by atoms with Gasteiger partial charge in [0.25, 0.3) is 0 Å². The highest BCUT2D eigenvalue weighted by atomic mass is 16.6. The predicted molar refractivity (Wildman–Crippen MR) is 136 cm³/mol. The highest BCUT2D eigenvalue weighted by Gasteiger charge is 2.43. The number of rotatable bonds is 9. The number of nitrogens with zero attached hydrogens (tertiary/aromatic N) is 3. The highest BCUT2D eigenvalue weighted by Crippen LogP contribution is 2.25. The van der Waals surface area contributed by atoms with Crippen LogP contribution in [0.2, 0.25) is 0 Å². The Hall–Kier alpha value is -4.06. The van der Waals surface area contributed by atoms with Gasteiger partial charge in [0.05, 0.1) is 25.4 Å². The van der Waals surface area contributed by atoms with Gasteiger partial charge in [-0.2, -0.15) is 0 Å². The summed E-state index contributed by atoms with van der Waals surface area (Å²) in [7, 11) is 0. The van der Waals surface area contributed by atoms with Crippen molar-refractivity contribution in [2.75, 3.05) is 6.61 Å². The average molecular weight is 523 g/mol. The molecule has 0 aliphatic carbocycles. The van der Waals surface area contributed by atoms with Crippen molar-refractivity contribution in [2.24, 2.45) is 0 Å². The van der Waals surface area contributed by atoms with Gasteiger partial charge >= 0.3 is 5.97 Å². The number of esters is 1. The first kappa shape index (κ1) is 27.0. The Labute approximate surface area is 219 Å². The smallest absolute Gasteiger partial charge is 0.373 e. The summed E-state index contributed by atoms with van der Waals surface area (Å²) in [6.07, 6.45) is -3.05. The van der Waals surface area contributed by atoms with Gasteiger partial charge in [-0.15, -0.1) is 5.10 Å². The lowest BCUT2D eigenvalue weighted by atomic mass is 9.93. The minimum absolute atomic E-state index is 0.0736. The van der Waals surface area contributed by atoms with Crippen LogP contribution in [0, 0.1) is 0 Å². The van der Waals surface area contributed by atoms with Crippen molar-refractivity contribution < 1.29 is 34.4 Å². The van der Waals surface area contributed by atoms with E-state index in [9.17, 15) is 24.9 Å². The molecule has 4 N–H and O–H groups in total. The van der Waals surface area contributed by atoms with Crippen molar-refractivity contribution in [1.29, 1.82) is 0 Å². The Balaban J connectivity index is 1.46. The number of amides is 1. The lowest BCUT2D eigenvalue weighted by Crippen LogP contribution is -2.59. The molecule has 2 aromatic carbocycles.